The Kier molecular flexibility index (Phi) is 7.87. The lowest BCUT2D eigenvalue weighted by atomic mass is 10.1. The van der Waals surface area contributed by atoms with E-state index in [2.05, 4.69) is 5.32 Å². The summed E-state index contributed by atoms with van der Waals surface area (Å²) in [4.78, 5) is 23.2. The van der Waals surface area contributed by atoms with E-state index < -0.39 is 5.97 Å². The summed E-state index contributed by atoms with van der Waals surface area (Å²) in [7, 11) is 0. The van der Waals surface area contributed by atoms with E-state index in [1.165, 1.54) is 0 Å². The van der Waals surface area contributed by atoms with Crippen molar-refractivity contribution < 1.29 is 24.2 Å². The van der Waals surface area contributed by atoms with Crippen molar-refractivity contribution in [2.24, 2.45) is 0 Å². The molecule has 28 heavy (non-hydrogen) atoms. The number of hydrogen-bond donors (Lipinski definition) is 2. The Bertz CT molecular complexity index is 801. The third-order valence-electron chi connectivity index (χ3n) is 4.29. The van der Waals surface area contributed by atoms with Crippen LogP contribution in [0.4, 0.5) is 0 Å². The lowest BCUT2D eigenvalue weighted by Crippen LogP contribution is -2.26. The molecule has 0 aromatic heterocycles. The fraction of sp³-hybridized carbons (Fsp3) is 0.364. The largest absolute Gasteiger partial charge is 0.490 e. The molecule has 2 rings (SSSR count). The topological polar surface area (TPSA) is 84.9 Å². The van der Waals surface area contributed by atoms with Crippen molar-refractivity contribution in [3.05, 3.63) is 59.2 Å². The molecule has 1 atom stereocenters. The highest BCUT2D eigenvalue weighted by molar-refractivity contribution is 5.87. The minimum atomic E-state index is -0.958. The van der Waals surface area contributed by atoms with Crippen LogP contribution in [0.2, 0.25) is 0 Å². The molecule has 6 nitrogen and oxygen atoms in total. The van der Waals surface area contributed by atoms with Gasteiger partial charge in [0, 0.05) is 6.42 Å². The van der Waals surface area contributed by atoms with Crippen LogP contribution in [0.5, 0.6) is 11.5 Å². The molecule has 150 valence electrons. The van der Waals surface area contributed by atoms with Gasteiger partial charge in [0.25, 0.3) is 0 Å². The zero-order chi connectivity index (χ0) is 20.5. The molecule has 0 saturated heterocycles. The van der Waals surface area contributed by atoms with Crippen molar-refractivity contribution in [2.45, 2.75) is 39.7 Å². The fourth-order valence-corrected chi connectivity index (χ4v) is 2.81. The molecule has 0 bridgehead atoms. The maximum absolute atomic E-state index is 12.3. The van der Waals surface area contributed by atoms with E-state index in [4.69, 9.17) is 14.6 Å². The number of carboxylic acid groups (broad SMARTS) is 1. The minimum absolute atomic E-state index is 0.0679. The summed E-state index contributed by atoms with van der Waals surface area (Å²) in [5, 5.41) is 11.9. The fourth-order valence-electron chi connectivity index (χ4n) is 2.81. The van der Waals surface area contributed by atoms with Crippen molar-refractivity contribution in [2.75, 3.05) is 13.2 Å². The normalized spacial score (nSPS) is 11.5. The van der Waals surface area contributed by atoms with Crippen LogP contribution in [0, 0.1) is 0 Å². The number of carbonyl (C=O) groups excluding carboxylic acids is 1. The number of amides is 1. The number of aryl methyl sites for hydroxylation is 1. The second-order valence-corrected chi connectivity index (χ2v) is 6.36. The van der Waals surface area contributed by atoms with E-state index in [0.29, 0.717) is 37.6 Å². The molecule has 1 amide bonds. The highest BCUT2D eigenvalue weighted by Crippen LogP contribution is 2.30. The molecular formula is C22H27NO5. The summed E-state index contributed by atoms with van der Waals surface area (Å²) >= 11 is 0. The number of nitrogens with one attached hydrogen (secondary N) is 1. The summed E-state index contributed by atoms with van der Waals surface area (Å²) in [5.41, 5.74) is 2.10. The summed E-state index contributed by atoms with van der Waals surface area (Å²) < 4.78 is 11.2. The van der Waals surface area contributed by atoms with Crippen molar-refractivity contribution in [3.8, 4) is 11.5 Å². The van der Waals surface area contributed by atoms with Gasteiger partial charge >= 0.3 is 5.97 Å². The van der Waals surface area contributed by atoms with Crippen molar-refractivity contribution in [1.29, 1.82) is 0 Å². The van der Waals surface area contributed by atoms with E-state index >= 15 is 0 Å². The first-order valence-electron chi connectivity index (χ1n) is 9.45. The average Bonchev–Trinajstić information content (AvgIpc) is 2.68. The highest BCUT2D eigenvalue weighted by Gasteiger charge is 2.13. The van der Waals surface area contributed by atoms with Gasteiger partial charge < -0.3 is 19.9 Å². The summed E-state index contributed by atoms with van der Waals surface area (Å²) in [6, 6.07) is 12.1. The number of aromatic carboxylic acids is 1. The molecule has 2 aromatic rings. The van der Waals surface area contributed by atoms with Gasteiger partial charge in [-0.3, -0.25) is 4.79 Å². The number of ether oxygens (including phenoxy) is 2. The van der Waals surface area contributed by atoms with Gasteiger partial charge in [-0.25, -0.2) is 4.79 Å². The van der Waals surface area contributed by atoms with Gasteiger partial charge in [0.15, 0.2) is 11.5 Å². The van der Waals surface area contributed by atoms with Gasteiger partial charge in [-0.2, -0.15) is 0 Å². The van der Waals surface area contributed by atoms with Gasteiger partial charge in [-0.15, -0.1) is 0 Å². The van der Waals surface area contributed by atoms with Crippen LogP contribution in [0.15, 0.2) is 42.5 Å². The molecule has 0 spiro atoms. The molecule has 0 aliphatic rings. The first-order chi connectivity index (χ1) is 13.4. The van der Waals surface area contributed by atoms with Gasteiger partial charge in [-0.05, 0) is 62.6 Å². The lowest BCUT2D eigenvalue weighted by Gasteiger charge is -2.17. The van der Waals surface area contributed by atoms with Crippen molar-refractivity contribution in [3.63, 3.8) is 0 Å². The monoisotopic (exact) mass is 385 g/mol. The molecule has 6 heteroatoms. The first-order valence-corrected chi connectivity index (χ1v) is 9.45. The third-order valence-corrected chi connectivity index (χ3v) is 4.29. The molecule has 0 aliphatic heterocycles. The standard InChI is InChI=1S/C22H27NO5/c1-4-27-19-12-11-18(14-20(19)28-5-2)15(3)23-21(24)13-8-16-6-9-17(10-7-16)22(25)26/h6-7,9-12,14-15H,4-5,8,13H2,1-3H3,(H,23,24)(H,25,26). The molecular weight excluding hydrogens is 358 g/mol. The van der Waals surface area contributed by atoms with E-state index in [1.54, 1.807) is 24.3 Å². The number of hydrogen-bond acceptors (Lipinski definition) is 4. The Balaban J connectivity index is 1.94. The summed E-state index contributed by atoms with van der Waals surface area (Å²) in [6.45, 7) is 6.84. The van der Waals surface area contributed by atoms with Crippen LogP contribution in [-0.2, 0) is 11.2 Å². The van der Waals surface area contributed by atoms with Crippen LogP contribution in [0.25, 0.3) is 0 Å². The molecule has 2 aromatic carbocycles. The van der Waals surface area contributed by atoms with Gasteiger partial charge in [-0.1, -0.05) is 18.2 Å². The van der Waals surface area contributed by atoms with E-state index in [9.17, 15) is 9.59 Å². The zero-order valence-corrected chi connectivity index (χ0v) is 16.5. The smallest absolute Gasteiger partial charge is 0.335 e. The second-order valence-electron chi connectivity index (χ2n) is 6.36. The maximum atomic E-state index is 12.3. The van der Waals surface area contributed by atoms with Gasteiger partial charge in [0.2, 0.25) is 5.91 Å². The van der Waals surface area contributed by atoms with Crippen LogP contribution >= 0.6 is 0 Å². The Hall–Kier alpha value is -3.02. The van der Waals surface area contributed by atoms with Crippen LogP contribution < -0.4 is 14.8 Å². The van der Waals surface area contributed by atoms with Gasteiger partial charge in [0.05, 0.1) is 24.8 Å². The minimum Gasteiger partial charge on any atom is -0.490 e. The molecule has 0 radical (unpaired) electrons. The molecule has 0 aliphatic carbocycles. The predicted molar refractivity (Wildman–Crippen MR) is 107 cm³/mol. The molecule has 0 heterocycles. The predicted octanol–water partition coefficient (Wildman–Crippen LogP) is 3.99. The van der Waals surface area contributed by atoms with E-state index in [-0.39, 0.29) is 17.5 Å². The second kappa shape index (κ2) is 10.3. The number of carbonyl (C=O) groups is 2. The van der Waals surface area contributed by atoms with Crippen LogP contribution in [0.3, 0.4) is 0 Å². The number of carboxylic acids is 1. The molecule has 0 fully saturated rings. The molecule has 2 N–H and O–H groups in total. The molecule has 0 saturated carbocycles. The van der Waals surface area contributed by atoms with Crippen LogP contribution in [0.1, 0.15) is 54.7 Å². The average molecular weight is 385 g/mol. The zero-order valence-electron chi connectivity index (χ0n) is 16.5. The van der Waals surface area contributed by atoms with E-state index in [0.717, 1.165) is 11.1 Å². The SMILES string of the molecule is CCOc1ccc(C(C)NC(=O)CCc2ccc(C(=O)O)cc2)cc1OCC. The quantitative estimate of drug-likeness (QED) is 0.646. The highest BCUT2D eigenvalue weighted by atomic mass is 16.5. The van der Waals surface area contributed by atoms with Crippen molar-refractivity contribution >= 4 is 11.9 Å². The van der Waals surface area contributed by atoms with Crippen molar-refractivity contribution in [1.82, 2.24) is 5.32 Å². The molecule has 1 unspecified atom stereocenters. The number of benzene rings is 2. The Morgan fingerprint density at radius 1 is 1.00 bits per heavy atom. The van der Waals surface area contributed by atoms with Gasteiger partial charge in [0.1, 0.15) is 0 Å². The first kappa shape index (κ1) is 21.3. The Morgan fingerprint density at radius 2 is 1.64 bits per heavy atom. The number of rotatable bonds is 10. The van der Waals surface area contributed by atoms with Crippen LogP contribution in [-0.4, -0.2) is 30.2 Å². The third kappa shape index (κ3) is 6.01. The van der Waals surface area contributed by atoms with E-state index in [1.807, 2.05) is 39.0 Å². The maximum Gasteiger partial charge on any atom is 0.335 e. The lowest BCUT2D eigenvalue weighted by molar-refractivity contribution is -0.121. The summed E-state index contributed by atoms with van der Waals surface area (Å²) in [6.07, 6.45) is 0.873. The Morgan fingerprint density at radius 3 is 2.25 bits per heavy atom. The Labute approximate surface area is 165 Å². The summed E-state index contributed by atoms with van der Waals surface area (Å²) in [5.74, 6) is 0.333.